The molecule has 1 aromatic heterocycles. The molecule has 0 unspecified atom stereocenters. The molecule has 0 radical (unpaired) electrons. The number of aromatic nitrogens is 2. The van der Waals surface area contributed by atoms with Gasteiger partial charge < -0.3 is 5.73 Å². The van der Waals surface area contributed by atoms with Gasteiger partial charge in [0.05, 0.1) is 6.07 Å². The van der Waals surface area contributed by atoms with E-state index in [0.29, 0.717) is 12.2 Å². The standard InChI is InChI=1S/C10H16N4/c11-7-4-2-1-3-5-8-14-9-6-10(12)13-14/h6,9H,1-5,8H2,(H2,12,13). The molecule has 0 fully saturated rings. The van der Waals surface area contributed by atoms with Gasteiger partial charge in [-0.2, -0.15) is 10.4 Å². The van der Waals surface area contributed by atoms with Gasteiger partial charge in [-0.05, 0) is 18.9 Å². The topological polar surface area (TPSA) is 67.6 Å². The van der Waals surface area contributed by atoms with E-state index in [1.165, 1.54) is 0 Å². The molecule has 76 valence electrons. The van der Waals surface area contributed by atoms with Crippen molar-refractivity contribution in [1.82, 2.24) is 9.78 Å². The second kappa shape index (κ2) is 6.03. The minimum absolute atomic E-state index is 0.578. The van der Waals surface area contributed by atoms with E-state index < -0.39 is 0 Å². The minimum Gasteiger partial charge on any atom is -0.382 e. The lowest BCUT2D eigenvalue weighted by molar-refractivity contribution is 0.538. The van der Waals surface area contributed by atoms with E-state index in [4.69, 9.17) is 11.0 Å². The molecule has 1 rings (SSSR count). The van der Waals surface area contributed by atoms with Crippen LogP contribution in [0.3, 0.4) is 0 Å². The summed E-state index contributed by atoms with van der Waals surface area (Å²) in [5.41, 5.74) is 5.48. The van der Waals surface area contributed by atoms with Crippen molar-refractivity contribution in [1.29, 1.82) is 5.26 Å². The molecular formula is C10H16N4. The van der Waals surface area contributed by atoms with Gasteiger partial charge in [0.15, 0.2) is 0 Å². The Balaban J connectivity index is 2.02. The van der Waals surface area contributed by atoms with E-state index in [9.17, 15) is 0 Å². The zero-order valence-corrected chi connectivity index (χ0v) is 8.32. The molecule has 0 atom stereocenters. The van der Waals surface area contributed by atoms with Gasteiger partial charge >= 0.3 is 0 Å². The monoisotopic (exact) mass is 192 g/mol. The maximum atomic E-state index is 8.33. The number of nitriles is 1. The van der Waals surface area contributed by atoms with Crippen LogP contribution in [0.25, 0.3) is 0 Å². The number of rotatable bonds is 6. The van der Waals surface area contributed by atoms with Crippen LogP contribution < -0.4 is 5.73 Å². The van der Waals surface area contributed by atoms with Gasteiger partial charge in [-0.3, -0.25) is 4.68 Å². The first-order valence-electron chi connectivity index (χ1n) is 4.99. The molecule has 1 heterocycles. The summed E-state index contributed by atoms with van der Waals surface area (Å²) >= 11 is 0. The van der Waals surface area contributed by atoms with Gasteiger partial charge in [-0.25, -0.2) is 0 Å². The van der Waals surface area contributed by atoms with Crippen LogP contribution in [0.1, 0.15) is 32.1 Å². The Labute approximate surface area is 84.3 Å². The highest BCUT2D eigenvalue weighted by Gasteiger charge is 1.94. The van der Waals surface area contributed by atoms with Crippen LogP contribution in [0.4, 0.5) is 5.82 Å². The van der Waals surface area contributed by atoms with Crippen molar-refractivity contribution < 1.29 is 0 Å². The molecule has 0 saturated heterocycles. The number of hydrogen-bond donors (Lipinski definition) is 1. The zero-order valence-electron chi connectivity index (χ0n) is 8.32. The van der Waals surface area contributed by atoms with Gasteiger partial charge in [-0.15, -0.1) is 0 Å². The van der Waals surface area contributed by atoms with Crippen LogP contribution in [0.2, 0.25) is 0 Å². The summed E-state index contributed by atoms with van der Waals surface area (Å²) in [6.45, 7) is 0.920. The second-order valence-electron chi connectivity index (χ2n) is 3.33. The average Bonchev–Trinajstić information content (AvgIpc) is 2.58. The SMILES string of the molecule is N#CCCCCCCn1ccc(N)n1. The Kier molecular flexibility index (Phi) is 4.56. The Bertz CT molecular complexity index is 297. The highest BCUT2D eigenvalue weighted by atomic mass is 15.3. The first-order valence-corrected chi connectivity index (χ1v) is 4.99. The van der Waals surface area contributed by atoms with Crippen molar-refractivity contribution in [3.05, 3.63) is 12.3 Å². The molecule has 0 spiro atoms. The molecule has 0 amide bonds. The van der Waals surface area contributed by atoms with Crippen LogP contribution >= 0.6 is 0 Å². The van der Waals surface area contributed by atoms with Crippen LogP contribution in [-0.2, 0) is 6.54 Å². The highest BCUT2D eigenvalue weighted by molar-refractivity contribution is 5.23. The quantitative estimate of drug-likeness (QED) is 0.700. The van der Waals surface area contributed by atoms with Gasteiger partial charge in [0.2, 0.25) is 0 Å². The Morgan fingerprint density at radius 2 is 2.14 bits per heavy atom. The van der Waals surface area contributed by atoms with Crippen LogP contribution in [-0.4, -0.2) is 9.78 Å². The third kappa shape index (κ3) is 3.94. The molecule has 0 aliphatic heterocycles. The lowest BCUT2D eigenvalue weighted by Gasteiger charge is -2.00. The van der Waals surface area contributed by atoms with Crippen molar-refractivity contribution in [2.24, 2.45) is 0 Å². The average molecular weight is 192 g/mol. The third-order valence-electron chi connectivity index (χ3n) is 2.09. The Hall–Kier alpha value is -1.50. The first-order chi connectivity index (χ1) is 6.83. The van der Waals surface area contributed by atoms with Crippen molar-refractivity contribution in [2.45, 2.75) is 38.6 Å². The summed E-state index contributed by atoms with van der Waals surface area (Å²) in [6, 6.07) is 3.95. The van der Waals surface area contributed by atoms with Crippen LogP contribution in [0, 0.1) is 11.3 Å². The van der Waals surface area contributed by atoms with Crippen LogP contribution in [0.5, 0.6) is 0 Å². The van der Waals surface area contributed by atoms with Crippen molar-refractivity contribution in [3.8, 4) is 6.07 Å². The van der Waals surface area contributed by atoms with E-state index >= 15 is 0 Å². The maximum Gasteiger partial charge on any atom is 0.145 e. The van der Waals surface area contributed by atoms with E-state index in [2.05, 4.69) is 11.2 Å². The fourth-order valence-corrected chi connectivity index (χ4v) is 1.33. The molecular weight excluding hydrogens is 176 g/mol. The van der Waals surface area contributed by atoms with Crippen molar-refractivity contribution in [2.75, 3.05) is 5.73 Å². The lowest BCUT2D eigenvalue weighted by Crippen LogP contribution is -1.99. The normalized spacial score (nSPS) is 9.93. The van der Waals surface area contributed by atoms with Gasteiger partial charge in [0.1, 0.15) is 5.82 Å². The van der Waals surface area contributed by atoms with Gasteiger partial charge in [0, 0.05) is 19.2 Å². The summed E-state index contributed by atoms with van der Waals surface area (Å²) < 4.78 is 1.86. The van der Waals surface area contributed by atoms with Crippen molar-refractivity contribution >= 4 is 5.82 Å². The van der Waals surface area contributed by atoms with E-state index in [1.807, 2.05) is 10.9 Å². The molecule has 1 aromatic rings. The number of aryl methyl sites for hydroxylation is 1. The third-order valence-corrected chi connectivity index (χ3v) is 2.09. The molecule has 2 N–H and O–H groups in total. The van der Waals surface area contributed by atoms with Crippen LogP contribution in [0.15, 0.2) is 12.3 Å². The Morgan fingerprint density at radius 3 is 2.79 bits per heavy atom. The Morgan fingerprint density at radius 1 is 1.36 bits per heavy atom. The van der Waals surface area contributed by atoms with Gasteiger partial charge in [-0.1, -0.05) is 12.8 Å². The fraction of sp³-hybridized carbons (Fsp3) is 0.600. The molecule has 14 heavy (non-hydrogen) atoms. The molecule has 4 nitrogen and oxygen atoms in total. The smallest absolute Gasteiger partial charge is 0.145 e. The largest absolute Gasteiger partial charge is 0.382 e. The van der Waals surface area contributed by atoms with E-state index in [0.717, 1.165) is 32.2 Å². The number of anilines is 1. The molecule has 4 heteroatoms. The van der Waals surface area contributed by atoms with E-state index in [1.54, 1.807) is 6.07 Å². The number of nitrogens with two attached hydrogens (primary N) is 1. The highest BCUT2D eigenvalue weighted by Crippen LogP contribution is 2.04. The summed E-state index contributed by atoms with van der Waals surface area (Å²) in [5, 5.41) is 12.4. The summed E-state index contributed by atoms with van der Waals surface area (Å²) in [6.07, 6.45) is 6.97. The number of unbranched alkanes of at least 4 members (excludes halogenated alkanes) is 4. The second-order valence-corrected chi connectivity index (χ2v) is 3.33. The number of nitrogen functional groups attached to an aromatic ring is 1. The lowest BCUT2D eigenvalue weighted by atomic mass is 10.1. The predicted molar refractivity (Wildman–Crippen MR) is 55.3 cm³/mol. The molecule has 0 aliphatic rings. The predicted octanol–water partition coefficient (Wildman–Crippen LogP) is 1.94. The molecule has 0 aliphatic carbocycles. The molecule has 0 saturated carbocycles. The minimum atomic E-state index is 0.578. The fourth-order valence-electron chi connectivity index (χ4n) is 1.33. The number of hydrogen-bond acceptors (Lipinski definition) is 3. The summed E-state index contributed by atoms with van der Waals surface area (Å²) in [4.78, 5) is 0. The van der Waals surface area contributed by atoms with Gasteiger partial charge in [0.25, 0.3) is 0 Å². The maximum absolute atomic E-state index is 8.33. The molecule has 0 aromatic carbocycles. The zero-order chi connectivity index (χ0) is 10.2. The summed E-state index contributed by atoms with van der Waals surface area (Å²) in [7, 11) is 0. The van der Waals surface area contributed by atoms with E-state index in [-0.39, 0.29) is 0 Å². The van der Waals surface area contributed by atoms with Crippen molar-refractivity contribution in [3.63, 3.8) is 0 Å². The first kappa shape index (κ1) is 10.6. The molecule has 0 bridgehead atoms. The number of nitrogens with zero attached hydrogens (tertiary/aromatic N) is 3. The summed E-state index contributed by atoms with van der Waals surface area (Å²) in [5.74, 6) is 0.578.